The molecule has 0 aliphatic carbocycles. The van der Waals surface area contributed by atoms with E-state index < -0.39 is 11.5 Å². The van der Waals surface area contributed by atoms with E-state index in [9.17, 15) is 9.59 Å². The summed E-state index contributed by atoms with van der Waals surface area (Å²) in [7, 11) is 0. The Kier molecular flexibility index (Phi) is 6.09. The Hall–Kier alpha value is -3.80. The average Bonchev–Trinajstić information content (AvgIpc) is 3.25. The van der Waals surface area contributed by atoms with Crippen molar-refractivity contribution in [3.63, 3.8) is 0 Å². The Morgan fingerprint density at radius 2 is 1.76 bits per heavy atom. The number of hydrogen-bond donors (Lipinski definition) is 2. The molecule has 2 amide bonds. The highest BCUT2D eigenvalue weighted by molar-refractivity contribution is 6.05. The first kappa shape index (κ1) is 22.4. The van der Waals surface area contributed by atoms with E-state index in [1.165, 1.54) is 12.3 Å². The lowest BCUT2D eigenvalue weighted by Gasteiger charge is -2.38. The number of furan rings is 1. The number of ether oxygens (including phenoxy) is 1. The maximum Gasteiger partial charge on any atom is 0.268 e. The minimum absolute atomic E-state index is 0.105. The van der Waals surface area contributed by atoms with Crippen molar-refractivity contribution < 1.29 is 18.7 Å². The fraction of sp³-hybridized carbons (Fsp3) is 0.259. The highest BCUT2D eigenvalue weighted by Gasteiger charge is 2.35. The second kappa shape index (κ2) is 8.98. The fourth-order valence-corrected chi connectivity index (χ4v) is 3.90. The Labute approximate surface area is 193 Å². The third-order valence-corrected chi connectivity index (χ3v) is 5.57. The van der Waals surface area contributed by atoms with Crippen molar-refractivity contribution in [3.05, 3.63) is 94.6 Å². The highest BCUT2D eigenvalue weighted by atomic mass is 16.5. The van der Waals surface area contributed by atoms with Crippen molar-refractivity contribution >= 4 is 17.9 Å². The van der Waals surface area contributed by atoms with Crippen LogP contribution in [0.5, 0.6) is 5.75 Å². The van der Waals surface area contributed by atoms with Gasteiger partial charge in [-0.3, -0.25) is 9.59 Å². The molecule has 6 nitrogen and oxygen atoms in total. The molecule has 1 aliphatic rings. The first-order chi connectivity index (χ1) is 15.7. The molecule has 2 heterocycles. The molecule has 1 aliphatic heterocycles. The van der Waals surface area contributed by atoms with Crippen LogP contribution in [-0.4, -0.2) is 17.4 Å². The summed E-state index contributed by atoms with van der Waals surface area (Å²) >= 11 is 0. The molecule has 0 fully saturated rings. The molecule has 2 aromatic carbocycles. The van der Waals surface area contributed by atoms with E-state index >= 15 is 0 Å². The summed E-state index contributed by atoms with van der Waals surface area (Å²) in [5.74, 6) is 0.455. The minimum atomic E-state index is -0.450. The molecule has 170 valence electrons. The van der Waals surface area contributed by atoms with E-state index in [0.29, 0.717) is 17.7 Å². The van der Waals surface area contributed by atoms with Gasteiger partial charge >= 0.3 is 0 Å². The maximum absolute atomic E-state index is 13.4. The molecule has 6 heteroatoms. The summed E-state index contributed by atoms with van der Waals surface area (Å²) in [5.41, 5.74) is 3.16. The molecule has 4 rings (SSSR count). The second-order valence-electron chi connectivity index (χ2n) is 9.03. The molecule has 2 N–H and O–H groups in total. The fourth-order valence-electron chi connectivity index (χ4n) is 3.90. The molecule has 0 bridgehead atoms. The number of amides is 2. The van der Waals surface area contributed by atoms with Crippen molar-refractivity contribution in [2.24, 2.45) is 0 Å². The number of fused-ring (bicyclic) bond motifs is 1. The molecule has 1 atom stereocenters. The van der Waals surface area contributed by atoms with Gasteiger partial charge in [-0.25, -0.2) is 0 Å². The van der Waals surface area contributed by atoms with Crippen LogP contribution in [0.3, 0.4) is 0 Å². The summed E-state index contributed by atoms with van der Waals surface area (Å²) in [6.45, 7) is 7.95. The summed E-state index contributed by atoms with van der Waals surface area (Å²) in [4.78, 5) is 26.2. The molecular weight excluding hydrogens is 416 g/mol. The van der Waals surface area contributed by atoms with Crippen molar-refractivity contribution in [3.8, 4) is 5.75 Å². The van der Waals surface area contributed by atoms with Gasteiger partial charge in [0.2, 0.25) is 0 Å². The number of carbonyl (C=O) groups is 2. The Morgan fingerprint density at radius 3 is 2.45 bits per heavy atom. The number of benzene rings is 2. The first-order valence-electron chi connectivity index (χ1n) is 10.9. The number of carbonyl (C=O) groups excluding carboxylic acids is 2. The predicted octanol–water partition coefficient (Wildman–Crippen LogP) is 5.09. The topological polar surface area (TPSA) is 80.6 Å². The van der Waals surface area contributed by atoms with E-state index in [2.05, 4.69) is 10.6 Å². The SMILES string of the molecule is Cc1ccc(C(=O)N/C(=C\c2ccco2)C(=O)N[C@@H]2CC(C)(C)Oc3cc(C)ccc32)cc1. The van der Waals surface area contributed by atoms with Crippen LogP contribution < -0.4 is 15.4 Å². The summed E-state index contributed by atoms with van der Waals surface area (Å²) in [6, 6.07) is 16.3. The quantitative estimate of drug-likeness (QED) is 0.538. The Balaban J connectivity index is 1.61. The van der Waals surface area contributed by atoms with E-state index in [1.807, 2.05) is 58.0 Å². The van der Waals surface area contributed by atoms with Gasteiger partial charge in [0.15, 0.2) is 0 Å². The smallest absolute Gasteiger partial charge is 0.268 e. The van der Waals surface area contributed by atoms with Crippen LogP contribution in [0.15, 0.2) is 71.0 Å². The standard InChI is InChI=1S/C27H28N2O4/c1-17-7-10-19(11-8-17)25(30)28-22(15-20-6-5-13-32-20)26(31)29-23-16-27(3,4)33-24-14-18(2)9-12-21(23)24/h5-15,23H,16H2,1-4H3,(H,28,30)(H,29,31)/b22-15-/t23-/m1/s1. The van der Waals surface area contributed by atoms with Crippen LogP contribution in [0.4, 0.5) is 0 Å². The zero-order chi connectivity index (χ0) is 23.6. The predicted molar refractivity (Wildman–Crippen MR) is 127 cm³/mol. The third kappa shape index (κ3) is 5.34. The average molecular weight is 445 g/mol. The molecule has 3 aromatic rings. The van der Waals surface area contributed by atoms with Crippen molar-refractivity contribution in [2.45, 2.75) is 45.8 Å². The van der Waals surface area contributed by atoms with E-state index in [-0.39, 0.29) is 17.6 Å². The molecule has 0 unspecified atom stereocenters. The van der Waals surface area contributed by atoms with Crippen LogP contribution in [-0.2, 0) is 4.79 Å². The lowest BCUT2D eigenvalue weighted by atomic mass is 9.89. The van der Waals surface area contributed by atoms with Crippen LogP contribution in [0.25, 0.3) is 6.08 Å². The third-order valence-electron chi connectivity index (χ3n) is 5.57. The van der Waals surface area contributed by atoms with Gasteiger partial charge in [-0.05, 0) is 63.6 Å². The van der Waals surface area contributed by atoms with Crippen LogP contribution in [0.2, 0.25) is 0 Å². The summed E-state index contributed by atoms with van der Waals surface area (Å²) in [5, 5.41) is 5.84. The number of nitrogens with one attached hydrogen (secondary N) is 2. The number of hydrogen-bond acceptors (Lipinski definition) is 4. The van der Waals surface area contributed by atoms with Gasteiger partial charge in [-0.1, -0.05) is 29.8 Å². The van der Waals surface area contributed by atoms with E-state index in [1.54, 1.807) is 24.3 Å². The van der Waals surface area contributed by atoms with Gasteiger partial charge in [0.25, 0.3) is 11.8 Å². The molecule has 1 aromatic heterocycles. The van der Waals surface area contributed by atoms with Gasteiger partial charge in [-0.15, -0.1) is 0 Å². The normalized spacial score (nSPS) is 17.0. The van der Waals surface area contributed by atoms with Gasteiger partial charge < -0.3 is 19.8 Å². The molecule has 0 saturated carbocycles. The Bertz CT molecular complexity index is 1190. The number of aryl methyl sites for hydroxylation is 2. The highest BCUT2D eigenvalue weighted by Crippen LogP contribution is 2.40. The molecule has 33 heavy (non-hydrogen) atoms. The largest absolute Gasteiger partial charge is 0.487 e. The monoisotopic (exact) mass is 444 g/mol. The molecule has 0 saturated heterocycles. The van der Waals surface area contributed by atoms with E-state index in [4.69, 9.17) is 9.15 Å². The molecular formula is C27H28N2O4. The van der Waals surface area contributed by atoms with E-state index in [0.717, 1.165) is 22.4 Å². The zero-order valence-electron chi connectivity index (χ0n) is 19.3. The minimum Gasteiger partial charge on any atom is -0.487 e. The lowest BCUT2D eigenvalue weighted by Crippen LogP contribution is -2.43. The van der Waals surface area contributed by atoms with Gasteiger partial charge in [0.1, 0.15) is 22.8 Å². The van der Waals surface area contributed by atoms with Crippen LogP contribution >= 0.6 is 0 Å². The van der Waals surface area contributed by atoms with Gasteiger partial charge in [0.05, 0.1) is 12.3 Å². The van der Waals surface area contributed by atoms with Gasteiger partial charge in [0, 0.05) is 23.6 Å². The van der Waals surface area contributed by atoms with Crippen LogP contribution in [0.1, 0.15) is 59.1 Å². The van der Waals surface area contributed by atoms with Gasteiger partial charge in [-0.2, -0.15) is 0 Å². The lowest BCUT2D eigenvalue weighted by molar-refractivity contribution is -0.119. The summed E-state index contributed by atoms with van der Waals surface area (Å²) in [6.07, 6.45) is 3.64. The Morgan fingerprint density at radius 1 is 1.03 bits per heavy atom. The zero-order valence-corrected chi connectivity index (χ0v) is 19.3. The first-order valence-corrected chi connectivity index (χ1v) is 10.9. The second-order valence-corrected chi connectivity index (χ2v) is 9.03. The number of rotatable bonds is 5. The molecule has 0 spiro atoms. The summed E-state index contributed by atoms with van der Waals surface area (Å²) < 4.78 is 11.5. The van der Waals surface area contributed by atoms with Crippen molar-refractivity contribution in [1.82, 2.24) is 10.6 Å². The van der Waals surface area contributed by atoms with Crippen molar-refractivity contribution in [2.75, 3.05) is 0 Å². The molecule has 0 radical (unpaired) electrons. The maximum atomic E-state index is 13.4. The van der Waals surface area contributed by atoms with Crippen LogP contribution in [0, 0.1) is 13.8 Å². The van der Waals surface area contributed by atoms with Crippen molar-refractivity contribution in [1.29, 1.82) is 0 Å².